The van der Waals surface area contributed by atoms with Crippen LogP contribution in [0.3, 0.4) is 0 Å². The van der Waals surface area contributed by atoms with Crippen LogP contribution in [0.15, 0.2) is 35.3 Å². The molecular weight excluding hydrogens is 196 g/mol. The number of amidine groups is 1. The number of aliphatic imine (C=N–C) groups is 1. The van der Waals surface area contributed by atoms with Crippen LogP contribution < -0.4 is 5.32 Å². The fraction of sp³-hybridized carbons (Fsp3) is 0.200. The van der Waals surface area contributed by atoms with Gasteiger partial charge in [-0.15, -0.1) is 0 Å². The summed E-state index contributed by atoms with van der Waals surface area (Å²) in [5.74, 6) is -0.103. The Labute approximate surface area is 87.6 Å². The van der Waals surface area contributed by atoms with E-state index >= 15 is 0 Å². The van der Waals surface area contributed by atoms with Gasteiger partial charge in [-0.1, -0.05) is 30.0 Å². The molecular formula is C10H12N2OS. The largest absolute Gasteiger partial charge is 0.305 e. The number of nitrogens with one attached hydrogen (secondary N) is 1. The highest BCUT2D eigenvalue weighted by atomic mass is 32.2. The van der Waals surface area contributed by atoms with Crippen LogP contribution in [0.5, 0.6) is 0 Å². The van der Waals surface area contributed by atoms with Gasteiger partial charge in [-0.05, 0) is 18.4 Å². The van der Waals surface area contributed by atoms with Crippen molar-refractivity contribution in [3.63, 3.8) is 0 Å². The number of hydrogen-bond donors (Lipinski definition) is 1. The fourth-order valence-electron chi connectivity index (χ4n) is 0.895. The second kappa shape index (κ2) is 5.44. The molecule has 14 heavy (non-hydrogen) atoms. The van der Waals surface area contributed by atoms with Gasteiger partial charge in [-0.3, -0.25) is 4.79 Å². The Morgan fingerprint density at radius 2 is 2.00 bits per heavy atom. The van der Waals surface area contributed by atoms with E-state index in [1.807, 2.05) is 36.6 Å². The summed E-state index contributed by atoms with van der Waals surface area (Å²) >= 11 is 1.41. The van der Waals surface area contributed by atoms with Crippen molar-refractivity contribution in [2.24, 2.45) is 4.99 Å². The predicted octanol–water partition coefficient (Wildman–Crippen LogP) is 2.17. The summed E-state index contributed by atoms with van der Waals surface area (Å²) in [5, 5.41) is 3.27. The summed E-state index contributed by atoms with van der Waals surface area (Å²) in [5.41, 5.74) is 0.839. The molecule has 1 aromatic carbocycles. The molecule has 0 aliphatic carbocycles. The SMILES string of the molecule is CSC(=Nc1ccccc1)NC(C)=O. The van der Waals surface area contributed by atoms with Gasteiger partial charge in [0.15, 0.2) is 5.17 Å². The van der Waals surface area contributed by atoms with Crippen molar-refractivity contribution in [1.82, 2.24) is 5.32 Å². The van der Waals surface area contributed by atoms with E-state index in [2.05, 4.69) is 10.3 Å². The van der Waals surface area contributed by atoms with E-state index < -0.39 is 0 Å². The fourth-order valence-corrected chi connectivity index (χ4v) is 1.34. The first-order valence-electron chi connectivity index (χ1n) is 4.17. The number of benzene rings is 1. The van der Waals surface area contributed by atoms with Crippen LogP contribution in [0.4, 0.5) is 5.69 Å². The number of carbonyl (C=O) groups is 1. The van der Waals surface area contributed by atoms with Crippen molar-refractivity contribution in [3.05, 3.63) is 30.3 Å². The van der Waals surface area contributed by atoms with Gasteiger partial charge in [0.1, 0.15) is 0 Å². The molecule has 3 nitrogen and oxygen atoms in total. The molecule has 0 heterocycles. The van der Waals surface area contributed by atoms with Crippen LogP contribution in [-0.2, 0) is 4.79 Å². The Morgan fingerprint density at radius 1 is 1.36 bits per heavy atom. The molecule has 1 aromatic rings. The minimum absolute atomic E-state index is 0.103. The molecule has 0 radical (unpaired) electrons. The second-order valence-corrected chi connectivity index (χ2v) is 3.43. The van der Waals surface area contributed by atoms with Crippen molar-refractivity contribution in [3.8, 4) is 0 Å². The van der Waals surface area contributed by atoms with Crippen LogP contribution in [0.25, 0.3) is 0 Å². The van der Waals surface area contributed by atoms with Crippen molar-refractivity contribution in [1.29, 1.82) is 0 Å². The Morgan fingerprint density at radius 3 is 2.50 bits per heavy atom. The smallest absolute Gasteiger partial charge is 0.222 e. The zero-order chi connectivity index (χ0) is 10.4. The average molecular weight is 208 g/mol. The summed E-state index contributed by atoms with van der Waals surface area (Å²) < 4.78 is 0. The van der Waals surface area contributed by atoms with Crippen molar-refractivity contribution < 1.29 is 4.79 Å². The maximum atomic E-state index is 10.8. The van der Waals surface area contributed by atoms with Gasteiger partial charge in [0.05, 0.1) is 5.69 Å². The summed E-state index contributed by atoms with van der Waals surface area (Å²) in [4.78, 5) is 15.1. The molecule has 0 fully saturated rings. The minimum Gasteiger partial charge on any atom is -0.305 e. The quantitative estimate of drug-likeness (QED) is 0.567. The first-order chi connectivity index (χ1) is 6.72. The van der Waals surface area contributed by atoms with Gasteiger partial charge >= 0.3 is 0 Å². The molecule has 74 valence electrons. The monoisotopic (exact) mass is 208 g/mol. The number of para-hydroxylation sites is 1. The van der Waals surface area contributed by atoms with Crippen LogP contribution >= 0.6 is 11.8 Å². The molecule has 1 amide bonds. The second-order valence-electron chi connectivity index (χ2n) is 2.64. The normalized spacial score (nSPS) is 11.1. The highest BCUT2D eigenvalue weighted by Gasteiger charge is 1.98. The van der Waals surface area contributed by atoms with E-state index in [-0.39, 0.29) is 5.91 Å². The third-order valence-electron chi connectivity index (χ3n) is 1.46. The lowest BCUT2D eigenvalue weighted by atomic mass is 10.3. The van der Waals surface area contributed by atoms with Gasteiger partial charge in [-0.25, -0.2) is 4.99 Å². The molecule has 0 bridgehead atoms. The summed E-state index contributed by atoms with van der Waals surface area (Å²) in [6.45, 7) is 1.47. The van der Waals surface area contributed by atoms with Crippen LogP contribution in [0, 0.1) is 0 Å². The Hall–Kier alpha value is -1.29. The predicted molar refractivity (Wildman–Crippen MR) is 60.9 cm³/mol. The van der Waals surface area contributed by atoms with Crippen molar-refractivity contribution >= 4 is 28.5 Å². The number of rotatable bonds is 1. The molecule has 1 N–H and O–H groups in total. The van der Waals surface area contributed by atoms with Crippen LogP contribution in [0.1, 0.15) is 6.92 Å². The highest BCUT2D eigenvalue weighted by molar-refractivity contribution is 8.13. The zero-order valence-electron chi connectivity index (χ0n) is 8.15. The van der Waals surface area contributed by atoms with Gasteiger partial charge < -0.3 is 5.32 Å². The number of hydrogen-bond acceptors (Lipinski definition) is 3. The first kappa shape index (κ1) is 10.8. The van der Waals surface area contributed by atoms with E-state index in [1.165, 1.54) is 18.7 Å². The Bertz CT molecular complexity index is 335. The number of amides is 1. The maximum Gasteiger partial charge on any atom is 0.222 e. The summed E-state index contributed by atoms with van der Waals surface area (Å²) in [7, 11) is 0. The lowest BCUT2D eigenvalue weighted by Crippen LogP contribution is -2.24. The van der Waals surface area contributed by atoms with E-state index in [1.54, 1.807) is 0 Å². The minimum atomic E-state index is -0.103. The maximum absolute atomic E-state index is 10.8. The standard InChI is InChI=1S/C10H12N2OS/c1-8(13)11-10(14-2)12-9-6-4-3-5-7-9/h3-7H,1-2H3,(H,11,12,13). The molecule has 0 aliphatic heterocycles. The third-order valence-corrected chi connectivity index (χ3v) is 2.04. The molecule has 0 aromatic heterocycles. The van der Waals surface area contributed by atoms with E-state index in [0.29, 0.717) is 5.17 Å². The van der Waals surface area contributed by atoms with Gasteiger partial charge in [0, 0.05) is 6.92 Å². The van der Waals surface area contributed by atoms with E-state index in [9.17, 15) is 4.79 Å². The number of thioether (sulfide) groups is 1. The molecule has 0 unspecified atom stereocenters. The Kier molecular flexibility index (Phi) is 4.19. The molecule has 0 atom stereocenters. The average Bonchev–Trinajstić information content (AvgIpc) is 2.17. The van der Waals surface area contributed by atoms with Gasteiger partial charge in [0.25, 0.3) is 0 Å². The first-order valence-corrected chi connectivity index (χ1v) is 5.40. The molecule has 0 saturated carbocycles. The topological polar surface area (TPSA) is 41.5 Å². The molecule has 1 rings (SSSR count). The number of carbonyl (C=O) groups excluding carboxylic acids is 1. The van der Waals surface area contributed by atoms with Gasteiger partial charge in [0.2, 0.25) is 5.91 Å². The highest BCUT2D eigenvalue weighted by Crippen LogP contribution is 2.12. The lowest BCUT2D eigenvalue weighted by molar-refractivity contribution is -0.117. The number of nitrogens with zero attached hydrogens (tertiary/aromatic N) is 1. The van der Waals surface area contributed by atoms with Crippen LogP contribution in [-0.4, -0.2) is 17.3 Å². The summed E-state index contributed by atoms with van der Waals surface area (Å²) in [6.07, 6.45) is 1.87. The summed E-state index contributed by atoms with van der Waals surface area (Å²) in [6, 6.07) is 9.52. The Balaban J connectivity index is 2.78. The molecule has 0 saturated heterocycles. The van der Waals surface area contributed by atoms with E-state index in [0.717, 1.165) is 5.69 Å². The molecule has 0 spiro atoms. The zero-order valence-corrected chi connectivity index (χ0v) is 8.97. The van der Waals surface area contributed by atoms with E-state index in [4.69, 9.17) is 0 Å². The van der Waals surface area contributed by atoms with Crippen LogP contribution in [0.2, 0.25) is 0 Å². The molecule has 0 aliphatic rings. The van der Waals surface area contributed by atoms with Gasteiger partial charge in [-0.2, -0.15) is 0 Å². The van der Waals surface area contributed by atoms with Crippen molar-refractivity contribution in [2.75, 3.05) is 6.26 Å². The van der Waals surface area contributed by atoms with Crippen molar-refractivity contribution in [2.45, 2.75) is 6.92 Å². The molecule has 4 heteroatoms. The lowest BCUT2D eigenvalue weighted by Gasteiger charge is -2.02. The third kappa shape index (κ3) is 3.62.